The maximum Gasteiger partial charge on any atom is 0.234 e. The lowest BCUT2D eigenvalue weighted by molar-refractivity contribution is -0.123. The van der Waals surface area contributed by atoms with Crippen LogP contribution >= 0.6 is 0 Å². The fraction of sp³-hybridized carbons (Fsp3) is 0.900. The van der Waals surface area contributed by atoms with Crippen molar-refractivity contribution in [2.45, 2.75) is 19.4 Å². The second-order valence-electron chi connectivity index (χ2n) is 4.10. The predicted octanol–water partition coefficient (Wildman–Crippen LogP) is -1.17. The number of nitrogens with two attached hydrogens (primary N) is 2. The number of carbonyl (C=O) groups excluding carboxylic acids is 1. The van der Waals surface area contributed by atoms with E-state index in [2.05, 4.69) is 9.80 Å². The maximum atomic E-state index is 11.0. The summed E-state index contributed by atoms with van der Waals surface area (Å²) in [5, 5.41) is 0. The highest BCUT2D eigenvalue weighted by atomic mass is 16.1. The predicted molar refractivity (Wildman–Crippen MR) is 60.3 cm³/mol. The van der Waals surface area contributed by atoms with Crippen LogP contribution in [0.4, 0.5) is 0 Å². The van der Waals surface area contributed by atoms with Crippen LogP contribution in [-0.4, -0.2) is 61.0 Å². The average molecular weight is 214 g/mol. The normalized spacial score (nSPS) is 21.5. The molecule has 0 spiro atoms. The molecule has 4 N–H and O–H groups in total. The van der Waals surface area contributed by atoms with Gasteiger partial charge in [0.25, 0.3) is 0 Å². The first-order chi connectivity index (χ1) is 7.15. The van der Waals surface area contributed by atoms with Gasteiger partial charge in [-0.3, -0.25) is 9.69 Å². The maximum absolute atomic E-state index is 11.0. The SMILES string of the molecule is CC(C(N)=O)N1CCN(CCCN)CC1. The van der Waals surface area contributed by atoms with Crippen molar-refractivity contribution in [3.8, 4) is 0 Å². The Morgan fingerprint density at radius 1 is 1.33 bits per heavy atom. The quantitative estimate of drug-likeness (QED) is 0.604. The minimum absolute atomic E-state index is 0.137. The van der Waals surface area contributed by atoms with Crippen molar-refractivity contribution in [3.63, 3.8) is 0 Å². The van der Waals surface area contributed by atoms with Gasteiger partial charge in [-0.15, -0.1) is 0 Å². The van der Waals surface area contributed by atoms with E-state index in [0.29, 0.717) is 0 Å². The third-order valence-corrected chi connectivity index (χ3v) is 3.04. The average Bonchev–Trinajstić information content (AvgIpc) is 2.26. The van der Waals surface area contributed by atoms with E-state index in [-0.39, 0.29) is 11.9 Å². The Morgan fingerprint density at radius 3 is 2.40 bits per heavy atom. The zero-order valence-electron chi connectivity index (χ0n) is 9.48. The standard InChI is InChI=1S/C10H22N4O/c1-9(10(12)15)14-7-5-13(6-8-14)4-2-3-11/h9H,2-8,11H2,1H3,(H2,12,15). The highest BCUT2D eigenvalue weighted by Gasteiger charge is 2.23. The summed E-state index contributed by atoms with van der Waals surface area (Å²) >= 11 is 0. The van der Waals surface area contributed by atoms with Crippen molar-refractivity contribution < 1.29 is 4.79 Å². The lowest BCUT2D eigenvalue weighted by atomic mass is 10.2. The van der Waals surface area contributed by atoms with E-state index in [0.717, 1.165) is 45.7 Å². The fourth-order valence-electron chi connectivity index (χ4n) is 1.87. The van der Waals surface area contributed by atoms with Crippen LogP contribution < -0.4 is 11.5 Å². The molecule has 0 radical (unpaired) electrons. The Morgan fingerprint density at radius 2 is 1.93 bits per heavy atom. The Kier molecular flexibility index (Phi) is 5.01. The zero-order valence-corrected chi connectivity index (χ0v) is 9.48. The van der Waals surface area contributed by atoms with Gasteiger partial charge in [-0.25, -0.2) is 0 Å². The molecular weight excluding hydrogens is 192 g/mol. The first-order valence-corrected chi connectivity index (χ1v) is 5.61. The molecule has 1 amide bonds. The number of nitrogens with zero attached hydrogens (tertiary/aromatic N) is 2. The van der Waals surface area contributed by atoms with Crippen LogP contribution in [0.25, 0.3) is 0 Å². The molecule has 1 atom stereocenters. The van der Waals surface area contributed by atoms with Crippen LogP contribution in [0.2, 0.25) is 0 Å². The fourth-order valence-corrected chi connectivity index (χ4v) is 1.87. The van der Waals surface area contributed by atoms with E-state index >= 15 is 0 Å². The van der Waals surface area contributed by atoms with Gasteiger partial charge in [0.05, 0.1) is 6.04 Å². The van der Waals surface area contributed by atoms with Gasteiger partial charge < -0.3 is 16.4 Å². The molecule has 88 valence electrons. The van der Waals surface area contributed by atoms with Gasteiger partial charge in [0.15, 0.2) is 0 Å². The summed E-state index contributed by atoms with van der Waals surface area (Å²) in [6.07, 6.45) is 1.05. The third-order valence-electron chi connectivity index (χ3n) is 3.04. The zero-order chi connectivity index (χ0) is 11.3. The topological polar surface area (TPSA) is 75.6 Å². The largest absolute Gasteiger partial charge is 0.368 e. The monoisotopic (exact) mass is 214 g/mol. The summed E-state index contributed by atoms with van der Waals surface area (Å²) in [6, 6.07) is -0.137. The molecule has 0 aromatic heterocycles. The van der Waals surface area contributed by atoms with Gasteiger partial charge in [-0.1, -0.05) is 0 Å². The number of hydrogen-bond acceptors (Lipinski definition) is 4. The number of rotatable bonds is 5. The molecule has 1 aliphatic heterocycles. The van der Waals surface area contributed by atoms with Gasteiger partial charge in [0.1, 0.15) is 0 Å². The van der Waals surface area contributed by atoms with E-state index in [1.54, 1.807) is 0 Å². The molecule has 1 aliphatic rings. The summed E-state index contributed by atoms with van der Waals surface area (Å²) in [4.78, 5) is 15.5. The smallest absolute Gasteiger partial charge is 0.234 e. The second-order valence-corrected chi connectivity index (χ2v) is 4.10. The lowest BCUT2D eigenvalue weighted by Gasteiger charge is -2.36. The van der Waals surface area contributed by atoms with Crippen molar-refractivity contribution in [2.75, 3.05) is 39.3 Å². The minimum Gasteiger partial charge on any atom is -0.368 e. The summed E-state index contributed by atoms with van der Waals surface area (Å²) in [5.41, 5.74) is 10.7. The van der Waals surface area contributed by atoms with Crippen molar-refractivity contribution >= 4 is 5.91 Å². The number of hydrogen-bond donors (Lipinski definition) is 2. The minimum atomic E-state index is -0.231. The van der Waals surface area contributed by atoms with Crippen LogP contribution in [0.5, 0.6) is 0 Å². The van der Waals surface area contributed by atoms with Gasteiger partial charge in [-0.2, -0.15) is 0 Å². The highest BCUT2D eigenvalue weighted by Crippen LogP contribution is 2.06. The van der Waals surface area contributed by atoms with E-state index in [1.807, 2.05) is 6.92 Å². The van der Waals surface area contributed by atoms with E-state index < -0.39 is 0 Å². The number of piperazine rings is 1. The van der Waals surface area contributed by atoms with Gasteiger partial charge >= 0.3 is 0 Å². The van der Waals surface area contributed by atoms with Crippen molar-refractivity contribution in [1.29, 1.82) is 0 Å². The molecule has 0 saturated carbocycles. The molecule has 5 nitrogen and oxygen atoms in total. The first-order valence-electron chi connectivity index (χ1n) is 5.61. The van der Waals surface area contributed by atoms with Crippen molar-refractivity contribution in [1.82, 2.24) is 9.80 Å². The Hall–Kier alpha value is -0.650. The molecule has 0 aliphatic carbocycles. The van der Waals surface area contributed by atoms with Gasteiger partial charge in [0.2, 0.25) is 5.91 Å². The molecule has 1 heterocycles. The molecule has 0 aromatic rings. The van der Waals surface area contributed by atoms with E-state index in [1.165, 1.54) is 0 Å². The Bertz CT molecular complexity index is 202. The first kappa shape index (κ1) is 12.4. The lowest BCUT2D eigenvalue weighted by Crippen LogP contribution is -2.53. The molecular formula is C10H22N4O. The summed E-state index contributed by atoms with van der Waals surface area (Å²) < 4.78 is 0. The van der Waals surface area contributed by atoms with Gasteiger partial charge in [-0.05, 0) is 26.4 Å². The Balaban J connectivity index is 2.26. The molecule has 0 bridgehead atoms. The summed E-state index contributed by atoms with van der Waals surface area (Å²) in [7, 11) is 0. The molecule has 1 rings (SSSR count). The molecule has 1 fully saturated rings. The molecule has 15 heavy (non-hydrogen) atoms. The molecule has 5 heteroatoms. The Labute approximate surface area is 91.4 Å². The van der Waals surface area contributed by atoms with Crippen LogP contribution in [0.1, 0.15) is 13.3 Å². The van der Waals surface area contributed by atoms with Crippen LogP contribution in [-0.2, 0) is 4.79 Å². The van der Waals surface area contributed by atoms with Gasteiger partial charge in [0, 0.05) is 26.2 Å². The van der Waals surface area contributed by atoms with E-state index in [4.69, 9.17) is 11.5 Å². The number of carbonyl (C=O) groups is 1. The summed E-state index contributed by atoms with van der Waals surface area (Å²) in [5.74, 6) is -0.231. The highest BCUT2D eigenvalue weighted by molar-refractivity contribution is 5.79. The van der Waals surface area contributed by atoms with Crippen LogP contribution in [0.15, 0.2) is 0 Å². The summed E-state index contributed by atoms with van der Waals surface area (Å²) in [6.45, 7) is 7.56. The van der Waals surface area contributed by atoms with Crippen molar-refractivity contribution in [2.24, 2.45) is 11.5 Å². The molecule has 1 saturated heterocycles. The number of amides is 1. The van der Waals surface area contributed by atoms with Crippen molar-refractivity contribution in [3.05, 3.63) is 0 Å². The molecule has 0 aromatic carbocycles. The second kappa shape index (κ2) is 6.05. The van der Waals surface area contributed by atoms with Crippen LogP contribution in [0.3, 0.4) is 0 Å². The molecule has 1 unspecified atom stereocenters. The number of primary amides is 1. The third kappa shape index (κ3) is 3.77. The van der Waals surface area contributed by atoms with Crippen LogP contribution in [0, 0.1) is 0 Å². The van der Waals surface area contributed by atoms with E-state index in [9.17, 15) is 4.79 Å².